The van der Waals surface area contributed by atoms with Gasteiger partial charge in [0.1, 0.15) is 0 Å². The lowest BCUT2D eigenvalue weighted by atomic mass is 9.81. The molecule has 80 valence electrons. The van der Waals surface area contributed by atoms with Gasteiger partial charge in [0.05, 0.1) is 12.6 Å². The van der Waals surface area contributed by atoms with E-state index in [2.05, 4.69) is 6.92 Å². The average Bonchev–Trinajstić information content (AvgIpc) is 2.74. The lowest BCUT2D eigenvalue weighted by Crippen LogP contribution is -2.50. The molecule has 1 aliphatic carbocycles. The molecule has 0 aromatic carbocycles. The molecule has 4 heteroatoms. The first-order valence-corrected chi connectivity index (χ1v) is 5.43. The first-order valence-electron chi connectivity index (χ1n) is 5.43. The van der Waals surface area contributed by atoms with Crippen molar-refractivity contribution in [3.8, 4) is 0 Å². The molecular weight excluding hydrogens is 180 g/mol. The monoisotopic (exact) mass is 198 g/mol. The average molecular weight is 198 g/mol. The van der Waals surface area contributed by atoms with Gasteiger partial charge in [0.2, 0.25) is 0 Å². The van der Waals surface area contributed by atoms with E-state index in [9.17, 15) is 4.79 Å². The van der Waals surface area contributed by atoms with Crippen molar-refractivity contribution in [2.75, 3.05) is 13.2 Å². The van der Waals surface area contributed by atoms with Crippen LogP contribution >= 0.6 is 0 Å². The van der Waals surface area contributed by atoms with Crippen molar-refractivity contribution in [3.63, 3.8) is 0 Å². The van der Waals surface area contributed by atoms with Crippen LogP contribution in [0.25, 0.3) is 0 Å². The van der Waals surface area contributed by atoms with Gasteiger partial charge in [-0.05, 0) is 18.8 Å². The van der Waals surface area contributed by atoms with E-state index in [0.29, 0.717) is 12.5 Å². The number of rotatable bonds is 3. The van der Waals surface area contributed by atoms with Gasteiger partial charge in [-0.3, -0.25) is 0 Å². The highest BCUT2D eigenvalue weighted by Gasteiger charge is 2.52. The van der Waals surface area contributed by atoms with Gasteiger partial charge in [0, 0.05) is 12.6 Å². The van der Waals surface area contributed by atoms with E-state index in [1.807, 2.05) is 0 Å². The van der Waals surface area contributed by atoms with E-state index in [4.69, 9.17) is 10.5 Å². The highest BCUT2D eigenvalue weighted by atomic mass is 16.6. The quantitative estimate of drug-likeness (QED) is 0.687. The number of hydrogen-bond donors (Lipinski definition) is 1. The molecule has 0 radical (unpaired) electrons. The van der Waals surface area contributed by atoms with E-state index >= 15 is 0 Å². The zero-order chi connectivity index (χ0) is 10.1. The molecule has 14 heavy (non-hydrogen) atoms. The Morgan fingerprint density at radius 3 is 2.93 bits per heavy atom. The van der Waals surface area contributed by atoms with Crippen molar-refractivity contribution >= 4 is 6.09 Å². The molecule has 0 spiro atoms. The van der Waals surface area contributed by atoms with E-state index in [0.717, 1.165) is 25.8 Å². The summed E-state index contributed by atoms with van der Waals surface area (Å²) in [5.41, 5.74) is 5.86. The Bertz CT molecular complexity index is 232. The summed E-state index contributed by atoms with van der Waals surface area (Å²) in [7, 11) is 0. The Hall–Kier alpha value is -0.770. The fourth-order valence-corrected chi connectivity index (χ4v) is 2.26. The number of fused-ring (bicyclic) bond motifs is 1. The number of nitrogens with two attached hydrogens (primary N) is 1. The van der Waals surface area contributed by atoms with Crippen LogP contribution in [0.5, 0.6) is 0 Å². The van der Waals surface area contributed by atoms with Gasteiger partial charge in [-0.1, -0.05) is 13.3 Å². The van der Waals surface area contributed by atoms with Gasteiger partial charge < -0.3 is 15.4 Å². The molecule has 2 bridgehead atoms. The van der Waals surface area contributed by atoms with Crippen molar-refractivity contribution in [3.05, 3.63) is 0 Å². The minimum absolute atomic E-state index is 0.168. The van der Waals surface area contributed by atoms with Gasteiger partial charge in [-0.25, -0.2) is 4.79 Å². The predicted octanol–water partition coefficient (Wildman–Crippen LogP) is 0.954. The highest BCUT2D eigenvalue weighted by Crippen LogP contribution is 2.39. The summed E-state index contributed by atoms with van der Waals surface area (Å²) in [6.07, 6.45) is 2.90. The summed E-state index contributed by atoms with van der Waals surface area (Å²) < 4.78 is 5.14. The summed E-state index contributed by atoms with van der Waals surface area (Å²) in [4.78, 5) is 13.3. The van der Waals surface area contributed by atoms with Gasteiger partial charge in [-0.15, -0.1) is 0 Å². The molecule has 3 rings (SSSR count). The fourth-order valence-electron chi connectivity index (χ4n) is 2.26. The number of unbranched alkanes of at least 4 members (excludes halogenated alkanes) is 1. The molecule has 0 aromatic rings. The number of hydrogen-bond acceptors (Lipinski definition) is 3. The standard InChI is InChI=1S/C10H18N2O2/c1-2-3-4-14-10(13)12-6-7-5-8(12)9(7)11/h7-9H,2-6,11H2,1H3/t7-,8-,9+/m1/s1. The third-order valence-corrected chi connectivity index (χ3v) is 3.32. The summed E-state index contributed by atoms with van der Waals surface area (Å²) in [5, 5.41) is 0. The molecule has 3 fully saturated rings. The molecule has 3 atom stereocenters. The maximum Gasteiger partial charge on any atom is 0.410 e. The van der Waals surface area contributed by atoms with Crippen molar-refractivity contribution in [1.82, 2.24) is 4.90 Å². The molecule has 0 aromatic heterocycles. The second kappa shape index (κ2) is 3.77. The van der Waals surface area contributed by atoms with Crippen LogP contribution in [0, 0.1) is 5.92 Å². The number of amides is 1. The lowest BCUT2D eigenvalue weighted by Gasteiger charge is -2.32. The van der Waals surface area contributed by atoms with Gasteiger partial charge >= 0.3 is 6.09 Å². The Morgan fingerprint density at radius 2 is 2.43 bits per heavy atom. The van der Waals surface area contributed by atoms with E-state index in [1.165, 1.54) is 0 Å². The number of carbonyl (C=O) groups excluding carboxylic acids is 1. The SMILES string of the molecule is CCCCOC(=O)N1C[C@H]2C[C@@H]1[C@H]2N. The zero-order valence-electron chi connectivity index (χ0n) is 8.61. The summed E-state index contributed by atoms with van der Waals surface area (Å²) >= 11 is 0. The van der Waals surface area contributed by atoms with Gasteiger partial charge in [-0.2, -0.15) is 0 Å². The minimum atomic E-state index is -0.168. The zero-order valence-corrected chi connectivity index (χ0v) is 8.61. The van der Waals surface area contributed by atoms with Crippen LogP contribution in [0.15, 0.2) is 0 Å². The van der Waals surface area contributed by atoms with Gasteiger partial charge in [0.25, 0.3) is 0 Å². The topological polar surface area (TPSA) is 55.6 Å². The Morgan fingerprint density at radius 1 is 1.64 bits per heavy atom. The normalized spacial score (nSPS) is 34.1. The van der Waals surface area contributed by atoms with Crippen LogP contribution < -0.4 is 5.73 Å². The molecule has 4 nitrogen and oxygen atoms in total. The molecule has 2 N–H and O–H groups in total. The third-order valence-electron chi connectivity index (χ3n) is 3.32. The molecule has 0 unspecified atom stereocenters. The van der Waals surface area contributed by atoms with Crippen molar-refractivity contribution in [2.24, 2.45) is 11.7 Å². The lowest BCUT2D eigenvalue weighted by molar-refractivity contribution is 0.0966. The predicted molar refractivity (Wildman–Crippen MR) is 52.8 cm³/mol. The molecule has 1 amide bonds. The summed E-state index contributed by atoms with van der Waals surface area (Å²) in [6, 6.07) is 0.461. The van der Waals surface area contributed by atoms with Crippen LogP contribution in [0.2, 0.25) is 0 Å². The molecule has 3 aliphatic rings. The Balaban J connectivity index is 1.76. The van der Waals surface area contributed by atoms with E-state index in [1.54, 1.807) is 4.90 Å². The number of ether oxygens (including phenoxy) is 1. The second-order valence-corrected chi connectivity index (χ2v) is 4.26. The van der Waals surface area contributed by atoms with Crippen LogP contribution in [0.1, 0.15) is 26.2 Å². The Kier molecular flexibility index (Phi) is 2.63. The van der Waals surface area contributed by atoms with E-state index in [-0.39, 0.29) is 18.2 Å². The largest absolute Gasteiger partial charge is 0.449 e. The second-order valence-electron chi connectivity index (χ2n) is 4.26. The van der Waals surface area contributed by atoms with Crippen molar-refractivity contribution < 1.29 is 9.53 Å². The summed E-state index contributed by atoms with van der Waals surface area (Å²) in [5.74, 6) is 0.527. The highest BCUT2D eigenvalue weighted by molar-refractivity contribution is 5.69. The van der Waals surface area contributed by atoms with Crippen LogP contribution in [0.4, 0.5) is 4.79 Å². The third kappa shape index (κ3) is 1.47. The minimum Gasteiger partial charge on any atom is -0.449 e. The van der Waals surface area contributed by atoms with E-state index < -0.39 is 0 Å². The maximum absolute atomic E-state index is 11.6. The fraction of sp³-hybridized carbons (Fsp3) is 0.900. The molecule has 1 saturated carbocycles. The molecule has 2 heterocycles. The first kappa shape index (κ1) is 9.77. The molecule has 2 saturated heterocycles. The van der Waals surface area contributed by atoms with Crippen LogP contribution in [-0.2, 0) is 4.74 Å². The van der Waals surface area contributed by atoms with Crippen LogP contribution in [-0.4, -0.2) is 36.2 Å². The molecular formula is C10H18N2O2. The van der Waals surface area contributed by atoms with Gasteiger partial charge in [0.15, 0.2) is 0 Å². The van der Waals surface area contributed by atoms with Crippen molar-refractivity contribution in [1.29, 1.82) is 0 Å². The van der Waals surface area contributed by atoms with Crippen molar-refractivity contribution in [2.45, 2.75) is 38.3 Å². The first-order chi connectivity index (χ1) is 6.74. The molecule has 2 aliphatic heterocycles. The number of carbonyl (C=O) groups is 1. The van der Waals surface area contributed by atoms with Crippen LogP contribution in [0.3, 0.4) is 0 Å². The Labute approximate surface area is 84.4 Å². The smallest absolute Gasteiger partial charge is 0.410 e. The summed E-state index contributed by atoms with van der Waals surface area (Å²) in [6.45, 7) is 3.42. The maximum atomic E-state index is 11.6. The number of nitrogens with zero attached hydrogens (tertiary/aromatic N) is 1.